The van der Waals surface area contributed by atoms with Gasteiger partial charge in [0.05, 0.1) is 5.56 Å². The second-order valence-corrected chi connectivity index (χ2v) is 5.33. The number of aromatic carboxylic acids is 1. The molecule has 2 aromatic carbocycles. The molecule has 0 bridgehead atoms. The number of rotatable bonds is 4. The summed E-state index contributed by atoms with van der Waals surface area (Å²) in [6.45, 7) is 2.09. The summed E-state index contributed by atoms with van der Waals surface area (Å²) in [5, 5.41) is 18.8. The van der Waals surface area contributed by atoms with Gasteiger partial charge >= 0.3 is 5.97 Å². The molecule has 0 radical (unpaired) electrons. The molecule has 0 saturated carbocycles. The Labute approximate surface area is 115 Å². The molecule has 0 heterocycles. The predicted octanol–water partition coefficient (Wildman–Crippen LogP) is 3.87. The van der Waals surface area contributed by atoms with Crippen LogP contribution in [-0.4, -0.2) is 21.9 Å². The van der Waals surface area contributed by atoms with E-state index in [9.17, 15) is 9.90 Å². The van der Waals surface area contributed by atoms with Gasteiger partial charge in [-0.3, -0.25) is 0 Å². The molecule has 2 N–H and O–H groups in total. The molecule has 2 aromatic rings. The van der Waals surface area contributed by atoms with Crippen LogP contribution in [0.4, 0.5) is 0 Å². The topological polar surface area (TPSA) is 57.5 Å². The third-order valence-electron chi connectivity index (χ3n) is 2.72. The van der Waals surface area contributed by atoms with Gasteiger partial charge in [0.15, 0.2) is 0 Å². The third kappa shape index (κ3) is 3.09. The first kappa shape index (κ1) is 13.5. The summed E-state index contributed by atoms with van der Waals surface area (Å²) in [6, 6.07) is 12.2. The van der Waals surface area contributed by atoms with Crippen molar-refractivity contribution in [2.24, 2.45) is 0 Å². The standard InChI is InChI=1S/C15H14O3S/c1-2-19-12-6-3-10(4-7-12)13-8-5-11(15(17)18)9-14(13)16/h3-9,16H,2H2,1H3,(H,17,18). The average molecular weight is 274 g/mol. The smallest absolute Gasteiger partial charge is 0.335 e. The molecular weight excluding hydrogens is 260 g/mol. The summed E-state index contributed by atoms with van der Waals surface area (Å²) in [5.74, 6) is -0.0508. The number of carbonyl (C=O) groups is 1. The van der Waals surface area contributed by atoms with Crippen LogP contribution in [-0.2, 0) is 0 Å². The van der Waals surface area contributed by atoms with Gasteiger partial charge in [0.2, 0.25) is 0 Å². The lowest BCUT2D eigenvalue weighted by Gasteiger charge is -2.07. The number of hydrogen-bond acceptors (Lipinski definition) is 3. The van der Waals surface area contributed by atoms with Crippen molar-refractivity contribution in [1.29, 1.82) is 0 Å². The number of thioether (sulfide) groups is 1. The molecule has 98 valence electrons. The Balaban J connectivity index is 2.33. The molecule has 0 aliphatic heterocycles. The molecule has 0 fully saturated rings. The molecule has 0 atom stereocenters. The number of benzene rings is 2. The zero-order chi connectivity index (χ0) is 13.8. The Kier molecular flexibility index (Phi) is 4.12. The molecule has 0 aromatic heterocycles. The van der Waals surface area contributed by atoms with Crippen molar-refractivity contribution in [2.45, 2.75) is 11.8 Å². The number of phenolic OH excluding ortho intramolecular Hbond substituents is 1. The summed E-state index contributed by atoms with van der Waals surface area (Å²) in [4.78, 5) is 12.0. The fourth-order valence-electron chi connectivity index (χ4n) is 1.81. The first-order valence-electron chi connectivity index (χ1n) is 5.91. The van der Waals surface area contributed by atoms with E-state index in [-0.39, 0.29) is 11.3 Å². The van der Waals surface area contributed by atoms with Gasteiger partial charge in [-0.25, -0.2) is 4.79 Å². The second-order valence-electron chi connectivity index (χ2n) is 3.99. The summed E-state index contributed by atoms with van der Waals surface area (Å²) < 4.78 is 0. The van der Waals surface area contributed by atoms with E-state index < -0.39 is 5.97 Å². The quantitative estimate of drug-likeness (QED) is 0.831. The minimum absolute atomic E-state index is 0.0178. The van der Waals surface area contributed by atoms with Crippen molar-refractivity contribution in [3.63, 3.8) is 0 Å². The second kappa shape index (κ2) is 5.80. The fraction of sp³-hybridized carbons (Fsp3) is 0.133. The van der Waals surface area contributed by atoms with Crippen LogP contribution >= 0.6 is 11.8 Å². The summed E-state index contributed by atoms with van der Waals surface area (Å²) in [6.07, 6.45) is 0. The van der Waals surface area contributed by atoms with Gasteiger partial charge in [0.25, 0.3) is 0 Å². The van der Waals surface area contributed by atoms with Gasteiger partial charge in [0, 0.05) is 10.5 Å². The van der Waals surface area contributed by atoms with Crippen LogP contribution < -0.4 is 0 Å². The lowest BCUT2D eigenvalue weighted by atomic mass is 10.0. The molecule has 0 aliphatic carbocycles. The summed E-state index contributed by atoms with van der Waals surface area (Å²) in [7, 11) is 0. The largest absolute Gasteiger partial charge is 0.507 e. The monoisotopic (exact) mass is 274 g/mol. The number of phenols is 1. The number of carboxylic acids is 1. The Bertz CT molecular complexity index is 591. The molecule has 0 aliphatic rings. The van der Waals surface area contributed by atoms with Gasteiger partial charge in [-0.1, -0.05) is 19.1 Å². The lowest BCUT2D eigenvalue weighted by Crippen LogP contribution is -1.95. The Morgan fingerprint density at radius 2 is 1.84 bits per heavy atom. The summed E-state index contributed by atoms with van der Waals surface area (Å²) >= 11 is 1.75. The van der Waals surface area contributed by atoms with Crippen LogP contribution in [0.25, 0.3) is 11.1 Å². The molecule has 4 heteroatoms. The summed E-state index contributed by atoms with van der Waals surface area (Å²) in [5.41, 5.74) is 1.59. The molecule has 2 rings (SSSR count). The van der Waals surface area contributed by atoms with Gasteiger partial charge in [-0.05, 0) is 41.6 Å². The molecular formula is C15H14O3S. The van der Waals surface area contributed by atoms with E-state index in [0.717, 1.165) is 11.3 Å². The van der Waals surface area contributed by atoms with E-state index in [2.05, 4.69) is 6.92 Å². The van der Waals surface area contributed by atoms with Crippen LogP contribution in [0.2, 0.25) is 0 Å². The van der Waals surface area contributed by atoms with Crippen LogP contribution in [0.3, 0.4) is 0 Å². The highest BCUT2D eigenvalue weighted by atomic mass is 32.2. The van der Waals surface area contributed by atoms with Crippen molar-refractivity contribution < 1.29 is 15.0 Å². The van der Waals surface area contributed by atoms with Gasteiger partial charge in [-0.15, -0.1) is 11.8 Å². The average Bonchev–Trinajstić information content (AvgIpc) is 2.40. The highest BCUT2D eigenvalue weighted by molar-refractivity contribution is 7.99. The van der Waals surface area contributed by atoms with E-state index in [4.69, 9.17) is 5.11 Å². The van der Waals surface area contributed by atoms with E-state index in [1.54, 1.807) is 17.8 Å². The number of carboxylic acid groups (broad SMARTS) is 1. The normalized spacial score (nSPS) is 10.4. The van der Waals surface area contributed by atoms with Gasteiger partial charge in [-0.2, -0.15) is 0 Å². The highest BCUT2D eigenvalue weighted by Gasteiger charge is 2.09. The van der Waals surface area contributed by atoms with E-state index >= 15 is 0 Å². The number of aromatic hydroxyl groups is 1. The molecule has 0 saturated heterocycles. The molecule has 0 amide bonds. The first-order chi connectivity index (χ1) is 9.11. The maximum absolute atomic E-state index is 10.8. The Morgan fingerprint density at radius 1 is 1.16 bits per heavy atom. The van der Waals surface area contributed by atoms with Crippen LogP contribution in [0.5, 0.6) is 5.75 Å². The molecule has 0 unspecified atom stereocenters. The SMILES string of the molecule is CCSc1ccc(-c2ccc(C(=O)O)cc2O)cc1. The number of hydrogen-bond donors (Lipinski definition) is 2. The van der Waals surface area contributed by atoms with Crippen molar-refractivity contribution >= 4 is 17.7 Å². The minimum Gasteiger partial charge on any atom is -0.507 e. The van der Waals surface area contributed by atoms with Gasteiger partial charge in [0.1, 0.15) is 5.75 Å². The molecule has 0 spiro atoms. The van der Waals surface area contributed by atoms with Crippen LogP contribution in [0.15, 0.2) is 47.4 Å². The highest BCUT2D eigenvalue weighted by Crippen LogP contribution is 2.31. The van der Waals surface area contributed by atoms with Crippen LogP contribution in [0, 0.1) is 0 Å². The van der Waals surface area contributed by atoms with Crippen molar-refractivity contribution in [2.75, 3.05) is 5.75 Å². The maximum Gasteiger partial charge on any atom is 0.335 e. The van der Waals surface area contributed by atoms with Crippen molar-refractivity contribution in [3.8, 4) is 16.9 Å². The minimum atomic E-state index is -1.04. The fourth-order valence-corrected chi connectivity index (χ4v) is 2.47. The Morgan fingerprint density at radius 3 is 2.37 bits per heavy atom. The zero-order valence-electron chi connectivity index (χ0n) is 10.5. The lowest BCUT2D eigenvalue weighted by molar-refractivity contribution is 0.0696. The van der Waals surface area contributed by atoms with E-state index in [1.807, 2.05) is 24.3 Å². The van der Waals surface area contributed by atoms with Crippen molar-refractivity contribution in [1.82, 2.24) is 0 Å². The molecule has 19 heavy (non-hydrogen) atoms. The third-order valence-corrected chi connectivity index (χ3v) is 3.62. The van der Waals surface area contributed by atoms with E-state index in [0.29, 0.717) is 5.56 Å². The van der Waals surface area contributed by atoms with Crippen molar-refractivity contribution in [3.05, 3.63) is 48.0 Å². The predicted molar refractivity (Wildman–Crippen MR) is 76.9 cm³/mol. The van der Waals surface area contributed by atoms with E-state index in [1.165, 1.54) is 17.0 Å². The first-order valence-corrected chi connectivity index (χ1v) is 6.90. The van der Waals surface area contributed by atoms with Gasteiger partial charge < -0.3 is 10.2 Å². The zero-order valence-corrected chi connectivity index (χ0v) is 11.3. The molecule has 3 nitrogen and oxygen atoms in total. The van der Waals surface area contributed by atoms with Crippen LogP contribution in [0.1, 0.15) is 17.3 Å². The Hall–Kier alpha value is -1.94. The maximum atomic E-state index is 10.8.